The summed E-state index contributed by atoms with van der Waals surface area (Å²) in [5.41, 5.74) is 1.33. The van der Waals surface area contributed by atoms with E-state index < -0.39 is 5.12 Å². The van der Waals surface area contributed by atoms with Gasteiger partial charge in [0, 0.05) is 26.5 Å². The van der Waals surface area contributed by atoms with Gasteiger partial charge in [-0.1, -0.05) is 23.7 Å². The molecule has 2 aliphatic rings. The molecule has 1 spiro atoms. The molecule has 2 aromatic rings. The smallest absolute Gasteiger partial charge is 0.292 e. The molecule has 0 saturated heterocycles. The van der Waals surface area contributed by atoms with Crippen LogP contribution in [0.1, 0.15) is 19.4 Å². The topological polar surface area (TPSA) is 77.8 Å². The Morgan fingerprint density at radius 3 is 2.32 bits per heavy atom. The summed E-state index contributed by atoms with van der Waals surface area (Å²) >= 11 is 7.63. The van der Waals surface area contributed by atoms with Crippen molar-refractivity contribution in [1.82, 2.24) is 9.91 Å². The van der Waals surface area contributed by atoms with Crippen LogP contribution in [-0.4, -0.2) is 51.8 Å². The number of anilines is 1. The second-order valence-corrected chi connectivity index (χ2v) is 8.49. The van der Waals surface area contributed by atoms with Crippen molar-refractivity contribution in [2.24, 2.45) is 10.2 Å². The van der Waals surface area contributed by atoms with Gasteiger partial charge < -0.3 is 9.64 Å². The lowest BCUT2D eigenvalue weighted by Gasteiger charge is -2.42. The predicted molar refractivity (Wildman–Crippen MR) is 122 cm³/mol. The number of hydrazone groups is 2. The van der Waals surface area contributed by atoms with E-state index in [1.54, 1.807) is 37.4 Å². The molecule has 1 atom stereocenters. The van der Waals surface area contributed by atoms with Crippen molar-refractivity contribution < 1.29 is 14.3 Å². The molecule has 8 nitrogen and oxygen atoms in total. The van der Waals surface area contributed by atoms with Crippen LogP contribution in [0.25, 0.3) is 0 Å². The minimum atomic E-state index is -1.26. The highest BCUT2D eigenvalue weighted by atomic mass is 35.5. The molecule has 10 heteroatoms. The summed E-state index contributed by atoms with van der Waals surface area (Å²) in [5.74, 6) is 0.731. The SMILES string of the molecule is COc1ccc(C2=NN(C(C)=O)C3(SC(C(C)=O)=NN3c3ccccc3Cl)N2C)cc1. The van der Waals surface area contributed by atoms with E-state index in [1.807, 2.05) is 35.2 Å². The molecule has 1 amide bonds. The quantitative estimate of drug-likeness (QED) is 0.698. The first-order valence-electron chi connectivity index (χ1n) is 9.40. The highest BCUT2D eigenvalue weighted by Gasteiger charge is 2.60. The molecule has 0 bridgehead atoms. The fraction of sp³-hybridized carbons (Fsp3) is 0.238. The summed E-state index contributed by atoms with van der Waals surface area (Å²) in [6, 6.07) is 14.5. The van der Waals surface area contributed by atoms with Gasteiger partial charge in [-0.2, -0.15) is 10.1 Å². The number of nitrogens with zero attached hydrogens (tertiary/aromatic N) is 5. The number of ketones is 1. The number of rotatable bonds is 4. The molecule has 0 N–H and O–H groups in total. The van der Waals surface area contributed by atoms with Crippen LogP contribution in [0, 0.1) is 0 Å². The third kappa shape index (κ3) is 3.34. The van der Waals surface area contributed by atoms with Crippen molar-refractivity contribution in [2.45, 2.75) is 19.0 Å². The molecule has 0 aromatic heterocycles. The number of ether oxygens (including phenoxy) is 1. The van der Waals surface area contributed by atoms with Gasteiger partial charge in [0.2, 0.25) is 5.91 Å². The van der Waals surface area contributed by atoms with Crippen molar-refractivity contribution >= 4 is 51.6 Å². The summed E-state index contributed by atoms with van der Waals surface area (Å²) in [7, 11) is 3.40. The molecule has 1 unspecified atom stereocenters. The van der Waals surface area contributed by atoms with E-state index in [2.05, 4.69) is 10.2 Å². The molecular formula is C21H20ClN5O3S. The van der Waals surface area contributed by atoms with Crippen molar-refractivity contribution in [2.75, 3.05) is 19.2 Å². The molecule has 0 radical (unpaired) electrons. The van der Waals surface area contributed by atoms with Crippen LogP contribution in [0.5, 0.6) is 5.75 Å². The number of amides is 1. The van der Waals surface area contributed by atoms with Gasteiger partial charge in [0.05, 0.1) is 17.8 Å². The van der Waals surface area contributed by atoms with Gasteiger partial charge in [-0.05, 0) is 48.2 Å². The Balaban J connectivity index is 1.87. The van der Waals surface area contributed by atoms with E-state index >= 15 is 0 Å². The number of methoxy groups -OCH3 is 1. The van der Waals surface area contributed by atoms with Crippen LogP contribution in [-0.2, 0) is 9.59 Å². The first-order chi connectivity index (χ1) is 14.8. The zero-order chi connectivity index (χ0) is 22.3. The Morgan fingerprint density at radius 1 is 1.06 bits per heavy atom. The summed E-state index contributed by atoms with van der Waals surface area (Å²) in [4.78, 5) is 26.8. The maximum atomic E-state index is 12.7. The molecular weight excluding hydrogens is 438 g/mol. The van der Waals surface area contributed by atoms with Crippen LogP contribution in [0.4, 0.5) is 5.69 Å². The Bertz CT molecular complexity index is 1120. The van der Waals surface area contributed by atoms with Crippen LogP contribution in [0.15, 0.2) is 58.7 Å². The molecule has 160 valence electrons. The standard InChI is InChI=1S/C21H20ClN5O3S/c1-13(28)20-24-27(18-8-6-5-7-17(18)22)21(31-20)25(3)19(23-26(21)14(2)29)15-9-11-16(30-4)12-10-15/h5-12H,1-4H3. The highest BCUT2D eigenvalue weighted by Crippen LogP contribution is 2.50. The van der Waals surface area contributed by atoms with Gasteiger partial charge >= 0.3 is 0 Å². The molecule has 2 aromatic carbocycles. The fourth-order valence-corrected chi connectivity index (χ4v) is 4.89. The monoisotopic (exact) mass is 457 g/mol. The molecule has 31 heavy (non-hydrogen) atoms. The first kappa shape index (κ1) is 21.2. The second kappa shape index (κ2) is 7.90. The average molecular weight is 458 g/mol. The number of halogens is 1. The zero-order valence-electron chi connectivity index (χ0n) is 17.4. The Morgan fingerprint density at radius 2 is 1.74 bits per heavy atom. The van der Waals surface area contributed by atoms with Gasteiger partial charge in [-0.3, -0.25) is 9.59 Å². The maximum absolute atomic E-state index is 12.7. The summed E-state index contributed by atoms with van der Waals surface area (Å²) in [5, 5.41) is 11.5. The molecule has 0 saturated carbocycles. The van der Waals surface area contributed by atoms with E-state index in [0.29, 0.717) is 22.3 Å². The first-order valence-corrected chi connectivity index (χ1v) is 10.6. The van der Waals surface area contributed by atoms with Gasteiger partial charge in [-0.25, -0.2) is 5.01 Å². The minimum absolute atomic E-state index is 0.214. The molecule has 2 aliphatic heterocycles. The minimum Gasteiger partial charge on any atom is -0.497 e. The summed E-state index contributed by atoms with van der Waals surface area (Å²) in [6.45, 7) is 2.86. The lowest BCUT2D eigenvalue weighted by atomic mass is 10.2. The highest BCUT2D eigenvalue weighted by molar-refractivity contribution is 8.17. The number of carbonyl (C=O) groups is 2. The Hall–Kier alpha value is -3.04. The predicted octanol–water partition coefficient (Wildman–Crippen LogP) is 3.57. The number of amidine groups is 1. The van der Waals surface area contributed by atoms with Crippen LogP contribution in [0.3, 0.4) is 0 Å². The van der Waals surface area contributed by atoms with Gasteiger partial charge in [0.15, 0.2) is 16.7 Å². The van der Waals surface area contributed by atoms with Crippen molar-refractivity contribution in [3.05, 3.63) is 59.1 Å². The maximum Gasteiger partial charge on any atom is 0.292 e. The van der Waals surface area contributed by atoms with Crippen LogP contribution < -0.4 is 9.75 Å². The van der Waals surface area contributed by atoms with Gasteiger partial charge in [-0.15, -0.1) is 5.10 Å². The van der Waals surface area contributed by atoms with Gasteiger partial charge in [0.25, 0.3) is 5.12 Å². The summed E-state index contributed by atoms with van der Waals surface area (Å²) < 4.78 is 5.24. The lowest BCUT2D eigenvalue weighted by molar-refractivity contribution is -0.133. The van der Waals surface area contributed by atoms with Crippen molar-refractivity contribution in [3.8, 4) is 5.75 Å². The third-order valence-corrected chi connectivity index (χ3v) is 6.73. The zero-order valence-corrected chi connectivity index (χ0v) is 18.9. The average Bonchev–Trinajstić information content (AvgIpc) is 3.29. The normalized spacial score (nSPS) is 20.2. The Labute approximate surface area is 189 Å². The molecule has 0 fully saturated rings. The fourth-order valence-electron chi connectivity index (χ4n) is 3.44. The number of thioether (sulfide) groups is 1. The number of hydrogen-bond donors (Lipinski definition) is 0. The molecule has 0 aliphatic carbocycles. The van der Waals surface area contributed by atoms with E-state index in [4.69, 9.17) is 16.3 Å². The van der Waals surface area contributed by atoms with Crippen molar-refractivity contribution in [1.29, 1.82) is 0 Å². The number of hydrogen-bond acceptors (Lipinski definition) is 8. The Kier molecular flexibility index (Phi) is 5.40. The number of para-hydroxylation sites is 1. The van der Waals surface area contributed by atoms with Crippen molar-refractivity contribution in [3.63, 3.8) is 0 Å². The third-order valence-electron chi connectivity index (χ3n) is 4.95. The van der Waals surface area contributed by atoms with Crippen LogP contribution in [0.2, 0.25) is 5.02 Å². The molecule has 2 heterocycles. The van der Waals surface area contributed by atoms with E-state index in [9.17, 15) is 9.59 Å². The number of benzene rings is 2. The summed E-state index contributed by atoms with van der Waals surface area (Å²) in [6.07, 6.45) is 0. The van der Waals surface area contributed by atoms with E-state index in [0.717, 1.165) is 17.3 Å². The molecule has 4 rings (SSSR count). The van der Waals surface area contributed by atoms with E-state index in [1.165, 1.54) is 18.9 Å². The largest absolute Gasteiger partial charge is 0.497 e. The van der Waals surface area contributed by atoms with E-state index in [-0.39, 0.29) is 16.7 Å². The van der Waals surface area contributed by atoms with Gasteiger partial charge in [0.1, 0.15) is 5.75 Å². The van der Waals surface area contributed by atoms with Crippen LogP contribution >= 0.6 is 23.4 Å². The number of Topliss-reactive ketones (excluding diaryl/α,β-unsaturated/α-hetero) is 1. The number of carbonyl (C=O) groups excluding carboxylic acids is 2. The lowest BCUT2D eigenvalue weighted by Crippen LogP contribution is -2.61. The second-order valence-electron chi connectivity index (χ2n) is 6.94.